The summed E-state index contributed by atoms with van der Waals surface area (Å²) in [5.41, 5.74) is 4.59. The van der Waals surface area contributed by atoms with E-state index in [-0.39, 0.29) is 5.41 Å². The normalized spacial score (nSPS) is 18.3. The third kappa shape index (κ3) is 3.41. The molecule has 1 aliphatic rings. The van der Waals surface area contributed by atoms with Crippen LogP contribution in [0.25, 0.3) is 10.8 Å². The van der Waals surface area contributed by atoms with Crippen molar-refractivity contribution in [1.82, 2.24) is 0 Å². The maximum atomic E-state index is 5.39. The van der Waals surface area contributed by atoms with E-state index in [1.807, 2.05) is 36.4 Å². The van der Waals surface area contributed by atoms with E-state index in [0.717, 1.165) is 28.6 Å². The third-order valence-electron chi connectivity index (χ3n) is 6.78. The average molecular weight is 451 g/mol. The van der Waals surface area contributed by atoms with Crippen LogP contribution in [0.3, 0.4) is 0 Å². The molecule has 0 spiro atoms. The molecule has 4 nitrogen and oxygen atoms in total. The standard InChI is InChI=1S/C30H30N2O2/c1-29(2,3)30(32-22-14-18-24(34-5)19-15-22)26-11-7-9-20-8-6-10-25(27(20)26)28(30)31-21-12-16-23(33-4)17-13-21/h6-19,32H,1-5H3/t30-/m0/s1. The minimum absolute atomic E-state index is 0.203. The van der Waals surface area contributed by atoms with E-state index in [1.165, 1.54) is 21.9 Å². The molecule has 4 heteroatoms. The van der Waals surface area contributed by atoms with Gasteiger partial charge in [-0.3, -0.25) is 0 Å². The van der Waals surface area contributed by atoms with Gasteiger partial charge in [-0.2, -0.15) is 0 Å². The van der Waals surface area contributed by atoms with Crippen molar-refractivity contribution >= 4 is 27.9 Å². The Morgan fingerprint density at radius 3 is 1.91 bits per heavy atom. The zero-order valence-electron chi connectivity index (χ0n) is 20.3. The van der Waals surface area contributed by atoms with Crippen LogP contribution >= 0.6 is 0 Å². The molecular weight excluding hydrogens is 420 g/mol. The summed E-state index contributed by atoms with van der Waals surface area (Å²) >= 11 is 0. The SMILES string of the molecule is COc1ccc(N=C2c3cccc4cccc(c34)[C@@]2(Nc2ccc(OC)cc2)C(C)(C)C)cc1. The highest BCUT2D eigenvalue weighted by Gasteiger charge is 2.53. The smallest absolute Gasteiger partial charge is 0.119 e. The molecular formula is C30H30N2O2. The molecule has 0 saturated carbocycles. The lowest BCUT2D eigenvalue weighted by molar-refractivity contribution is 0.294. The van der Waals surface area contributed by atoms with E-state index in [0.29, 0.717) is 0 Å². The van der Waals surface area contributed by atoms with Crippen molar-refractivity contribution in [2.24, 2.45) is 10.4 Å². The summed E-state index contributed by atoms with van der Waals surface area (Å²) < 4.78 is 10.7. The molecule has 172 valence electrons. The van der Waals surface area contributed by atoms with E-state index >= 15 is 0 Å². The van der Waals surface area contributed by atoms with Crippen LogP contribution < -0.4 is 14.8 Å². The number of hydrogen-bond acceptors (Lipinski definition) is 4. The van der Waals surface area contributed by atoms with Crippen molar-refractivity contribution in [3.05, 3.63) is 96.1 Å². The molecule has 34 heavy (non-hydrogen) atoms. The Hall–Kier alpha value is -3.79. The second-order valence-electron chi connectivity index (χ2n) is 9.72. The molecule has 0 bridgehead atoms. The number of benzene rings is 4. The predicted octanol–water partition coefficient (Wildman–Crippen LogP) is 7.34. The number of hydrogen-bond donors (Lipinski definition) is 1. The van der Waals surface area contributed by atoms with Crippen molar-refractivity contribution in [2.45, 2.75) is 26.3 Å². The zero-order valence-corrected chi connectivity index (χ0v) is 20.3. The number of aliphatic imine (C=N–C) groups is 1. The Morgan fingerprint density at radius 2 is 1.32 bits per heavy atom. The topological polar surface area (TPSA) is 42.8 Å². The van der Waals surface area contributed by atoms with Gasteiger partial charge in [-0.1, -0.05) is 57.2 Å². The number of ether oxygens (including phenoxy) is 2. The van der Waals surface area contributed by atoms with Gasteiger partial charge >= 0.3 is 0 Å². The highest BCUT2D eigenvalue weighted by Crippen LogP contribution is 2.53. The Bertz CT molecular complexity index is 1360. The fraction of sp³-hybridized carbons (Fsp3) is 0.233. The van der Waals surface area contributed by atoms with Gasteiger partial charge < -0.3 is 14.8 Å². The summed E-state index contributed by atoms with van der Waals surface area (Å²) in [6, 6.07) is 29.1. The Labute approximate surface area is 201 Å². The molecule has 1 N–H and O–H groups in total. The Kier molecular flexibility index (Phi) is 5.32. The number of anilines is 1. The first kappa shape index (κ1) is 22.0. The number of nitrogens with zero attached hydrogens (tertiary/aromatic N) is 1. The van der Waals surface area contributed by atoms with E-state index in [4.69, 9.17) is 14.5 Å². The minimum atomic E-state index is -0.551. The molecule has 4 aromatic rings. The van der Waals surface area contributed by atoms with Gasteiger partial charge in [0, 0.05) is 11.3 Å². The lowest BCUT2D eigenvalue weighted by Gasteiger charge is -2.45. The van der Waals surface area contributed by atoms with Crippen molar-refractivity contribution < 1.29 is 9.47 Å². The van der Waals surface area contributed by atoms with E-state index in [2.05, 4.69) is 74.6 Å². The van der Waals surface area contributed by atoms with Crippen LogP contribution in [-0.2, 0) is 5.54 Å². The van der Waals surface area contributed by atoms with Gasteiger partial charge in [0.1, 0.15) is 17.0 Å². The molecule has 1 aliphatic carbocycles. The van der Waals surface area contributed by atoms with Gasteiger partial charge in [-0.05, 0) is 70.3 Å². The number of rotatable bonds is 5. The van der Waals surface area contributed by atoms with Gasteiger partial charge in [0.25, 0.3) is 0 Å². The highest BCUT2D eigenvalue weighted by atomic mass is 16.5. The van der Waals surface area contributed by atoms with Crippen molar-refractivity contribution in [1.29, 1.82) is 0 Å². The molecule has 4 aromatic carbocycles. The summed E-state index contributed by atoms with van der Waals surface area (Å²) in [5.74, 6) is 1.65. The number of methoxy groups -OCH3 is 2. The first-order valence-corrected chi connectivity index (χ1v) is 11.6. The summed E-state index contributed by atoms with van der Waals surface area (Å²) in [7, 11) is 3.37. The maximum absolute atomic E-state index is 5.39. The molecule has 0 unspecified atom stereocenters. The second kappa shape index (κ2) is 8.21. The largest absolute Gasteiger partial charge is 0.497 e. The van der Waals surface area contributed by atoms with Crippen LogP contribution in [0, 0.1) is 5.41 Å². The summed E-state index contributed by atoms with van der Waals surface area (Å²) in [6.45, 7) is 6.83. The van der Waals surface area contributed by atoms with Crippen LogP contribution in [-0.4, -0.2) is 19.9 Å². The molecule has 0 aliphatic heterocycles. The molecule has 0 amide bonds. The van der Waals surface area contributed by atoms with E-state index in [9.17, 15) is 0 Å². The monoisotopic (exact) mass is 450 g/mol. The molecule has 0 heterocycles. The second-order valence-corrected chi connectivity index (χ2v) is 9.72. The summed E-state index contributed by atoms with van der Waals surface area (Å²) in [4.78, 5) is 5.30. The van der Waals surface area contributed by atoms with Gasteiger partial charge in [-0.15, -0.1) is 0 Å². The van der Waals surface area contributed by atoms with Crippen LogP contribution in [0.15, 0.2) is 89.9 Å². The van der Waals surface area contributed by atoms with E-state index in [1.54, 1.807) is 14.2 Å². The quantitative estimate of drug-likeness (QED) is 0.346. The Morgan fingerprint density at radius 1 is 0.735 bits per heavy atom. The summed E-state index contributed by atoms with van der Waals surface area (Å²) in [5, 5.41) is 6.41. The van der Waals surface area contributed by atoms with Crippen LogP contribution in [0.4, 0.5) is 11.4 Å². The first-order valence-electron chi connectivity index (χ1n) is 11.6. The van der Waals surface area contributed by atoms with Crippen LogP contribution in [0.1, 0.15) is 31.9 Å². The van der Waals surface area contributed by atoms with Gasteiger partial charge in [0.2, 0.25) is 0 Å². The fourth-order valence-corrected chi connectivity index (χ4v) is 5.07. The minimum Gasteiger partial charge on any atom is -0.497 e. The lowest BCUT2D eigenvalue weighted by Crippen LogP contribution is -2.51. The molecule has 0 radical (unpaired) electrons. The highest BCUT2D eigenvalue weighted by molar-refractivity contribution is 6.24. The third-order valence-corrected chi connectivity index (χ3v) is 6.78. The fourth-order valence-electron chi connectivity index (χ4n) is 5.07. The van der Waals surface area contributed by atoms with Crippen LogP contribution in [0.5, 0.6) is 11.5 Å². The predicted molar refractivity (Wildman–Crippen MR) is 141 cm³/mol. The molecule has 0 aromatic heterocycles. The Balaban J connectivity index is 1.78. The van der Waals surface area contributed by atoms with Crippen molar-refractivity contribution in [3.63, 3.8) is 0 Å². The zero-order chi connectivity index (χ0) is 23.9. The van der Waals surface area contributed by atoms with Crippen molar-refractivity contribution in [3.8, 4) is 11.5 Å². The van der Waals surface area contributed by atoms with Gasteiger partial charge in [-0.25, -0.2) is 4.99 Å². The molecule has 5 rings (SSSR count). The first-order chi connectivity index (χ1) is 16.4. The molecule has 0 saturated heterocycles. The maximum Gasteiger partial charge on any atom is 0.119 e. The molecule has 1 atom stereocenters. The molecule has 0 fully saturated rings. The lowest BCUT2D eigenvalue weighted by atomic mass is 9.68. The van der Waals surface area contributed by atoms with Crippen LogP contribution in [0.2, 0.25) is 0 Å². The number of nitrogens with one attached hydrogen (secondary N) is 1. The summed E-state index contributed by atoms with van der Waals surface area (Å²) in [6.07, 6.45) is 0. The van der Waals surface area contributed by atoms with Crippen molar-refractivity contribution in [2.75, 3.05) is 19.5 Å². The van der Waals surface area contributed by atoms with Gasteiger partial charge in [0.15, 0.2) is 0 Å². The average Bonchev–Trinajstić information content (AvgIpc) is 3.12. The van der Waals surface area contributed by atoms with E-state index < -0.39 is 5.54 Å². The van der Waals surface area contributed by atoms with Gasteiger partial charge in [0.05, 0.1) is 25.6 Å².